The zero-order chi connectivity index (χ0) is 24.3. The van der Waals surface area contributed by atoms with Gasteiger partial charge in [-0.2, -0.15) is 0 Å². The molecule has 1 amide bonds. The van der Waals surface area contributed by atoms with Crippen molar-refractivity contribution in [2.45, 2.75) is 45.3 Å². The van der Waals surface area contributed by atoms with Gasteiger partial charge in [-0.15, -0.1) is 0 Å². The Bertz CT molecular complexity index is 1180. The van der Waals surface area contributed by atoms with Crippen LogP contribution in [0.2, 0.25) is 0 Å². The second-order valence-electron chi connectivity index (χ2n) is 9.25. The lowest BCUT2D eigenvalue weighted by Crippen LogP contribution is -2.44. The van der Waals surface area contributed by atoms with Crippen molar-refractivity contribution in [3.05, 3.63) is 42.2 Å². The normalized spacial score (nSPS) is 14.6. The van der Waals surface area contributed by atoms with Gasteiger partial charge in [0, 0.05) is 43.2 Å². The molecule has 0 aromatic carbocycles. The Kier molecular flexibility index (Phi) is 6.63. The Morgan fingerprint density at radius 1 is 1.12 bits per heavy atom. The number of anilines is 1. The van der Waals surface area contributed by atoms with Gasteiger partial charge in [-0.25, -0.2) is 14.8 Å². The van der Waals surface area contributed by atoms with Gasteiger partial charge in [0.25, 0.3) is 0 Å². The van der Waals surface area contributed by atoms with Gasteiger partial charge in [-0.05, 0) is 51.8 Å². The molecule has 0 unspecified atom stereocenters. The monoisotopic (exact) mass is 463 g/mol. The number of rotatable bonds is 5. The van der Waals surface area contributed by atoms with E-state index in [1.807, 2.05) is 39.0 Å². The molecule has 0 saturated carbocycles. The molecule has 3 aromatic heterocycles. The van der Waals surface area contributed by atoms with E-state index in [4.69, 9.17) is 14.5 Å². The number of aromatic nitrogens is 3. The Labute approximate surface area is 198 Å². The van der Waals surface area contributed by atoms with Crippen LogP contribution in [0.4, 0.5) is 10.5 Å². The second kappa shape index (κ2) is 9.62. The van der Waals surface area contributed by atoms with Gasteiger partial charge in [-0.1, -0.05) is 0 Å². The Hall–Kier alpha value is -3.75. The van der Waals surface area contributed by atoms with Crippen LogP contribution in [0.5, 0.6) is 5.88 Å². The molecule has 9 nitrogen and oxygen atoms in total. The van der Waals surface area contributed by atoms with E-state index in [0.717, 1.165) is 30.4 Å². The van der Waals surface area contributed by atoms with E-state index < -0.39 is 5.60 Å². The number of fused-ring (bicyclic) bond motifs is 1. The molecule has 0 radical (unpaired) electrons. The largest absolute Gasteiger partial charge is 0.481 e. The Morgan fingerprint density at radius 3 is 2.50 bits per heavy atom. The first-order valence-electron chi connectivity index (χ1n) is 11.3. The zero-order valence-corrected chi connectivity index (χ0v) is 19.9. The third-order valence-electron chi connectivity index (χ3n) is 5.61. The molecule has 34 heavy (non-hydrogen) atoms. The third kappa shape index (κ3) is 5.24. The quantitative estimate of drug-likeness (QED) is 0.558. The molecule has 4 rings (SSSR count). The summed E-state index contributed by atoms with van der Waals surface area (Å²) in [5.74, 6) is 0.523. The van der Waals surface area contributed by atoms with Crippen molar-refractivity contribution >= 4 is 29.1 Å². The summed E-state index contributed by atoms with van der Waals surface area (Å²) in [7, 11) is 1.57. The van der Waals surface area contributed by atoms with Crippen molar-refractivity contribution in [2.24, 2.45) is 0 Å². The molecule has 1 saturated heterocycles. The molecule has 0 bridgehead atoms. The number of methoxy groups -OCH3 is 1. The van der Waals surface area contributed by atoms with Gasteiger partial charge in [0.15, 0.2) is 6.29 Å². The topological polar surface area (TPSA) is 107 Å². The predicted octanol–water partition coefficient (Wildman–Crippen LogP) is 4.32. The summed E-state index contributed by atoms with van der Waals surface area (Å²) in [5.41, 5.74) is 3.42. The number of likely N-dealkylation sites (tertiary alicyclic amines) is 1. The fourth-order valence-corrected chi connectivity index (χ4v) is 3.87. The molecule has 4 heterocycles. The van der Waals surface area contributed by atoms with Crippen molar-refractivity contribution in [2.75, 3.05) is 25.5 Å². The number of hydrogen-bond donors (Lipinski definition) is 1. The van der Waals surface area contributed by atoms with Crippen LogP contribution < -0.4 is 10.1 Å². The van der Waals surface area contributed by atoms with Crippen LogP contribution in [0.3, 0.4) is 0 Å². The molecule has 0 aliphatic carbocycles. The lowest BCUT2D eigenvalue weighted by Gasteiger charge is -2.34. The minimum Gasteiger partial charge on any atom is -0.481 e. The highest BCUT2D eigenvalue weighted by Gasteiger charge is 2.27. The SMILES string of the molecule is COc1ccc(-c2ccc3ncc(C=O)c(NC4CCN(C(=O)OC(C)(C)C)CC4)c3n2)cn1. The number of amides is 1. The fourth-order valence-electron chi connectivity index (χ4n) is 3.87. The van der Waals surface area contributed by atoms with Crippen molar-refractivity contribution in [3.63, 3.8) is 0 Å². The summed E-state index contributed by atoms with van der Waals surface area (Å²) < 4.78 is 10.6. The third-order valence-corrected chi connectivity index (χ3v) is 5.61. The molecule has 1 N–H and O–H groups in total. The highest BCUT2D eigenvalue weighted by molar-refractivity contribution is 5.98. The lowest BCUT2D eigenvalue weighted by atomic mass is 10.0. The first-order chi connectivity index (χ1) is 16.3. The predicted molar refractivity (Wildman–Crippen MR) is 129 cm³/mol. The van der Waals surface area contributed by atoms with E-state index in [0.29, 0.717) is 41.3 Å². The zero-order valence-electron chi connectivity index (χ0n) is 19.9. The number of ether oxygens (including phenoxy) is 2. The first kappa shape index (κ1) is 23.4. The molecule has 1 aliphatic rings. The fraction of sp³-hybridized carbons (Fsp3) is 0.400. The molecule has 1 aliphatic heterocycles. The standard InChI is InChI=1S/C25H29N5O4/c1-25(2,3)34-24(32)30-11-9-18(10-12-30)28-22-17(15-31)14-26-20-7-6-19(29-23(20)22)16-5-8-21(33-4)27-13-16/h5-8,13-15,18H,9-12H2,1-4H3,(H,26,28). The Morgan fingerprint density at radius 2 is 1.88 bits per heavy atom. The van der Waals surface area contributed by atoms with Gasteiger partial charge in [0.1, 0.15) is 11.1 Å². The minimum absolute atomic E-state index is 0.0797. The van der Waals surface area contributed by atoms with Crippen LogP contribution in [-0.2, 0) is 4.74 Å². The summed E-state index contributed by atoms with van der Waals surface area (Å²) in [4.78, 5) is 39.4. The van der Waals surface area contributed by atoms with Crippen LogP contribution in [0.25, 0.3) is 22.3 Å². The number of hydrogen-bond acceptors (Lipinski definition) is 8. The van der Waals surface area contributed by atoms with Gasteiger partial charge in [0.2, 0.25) is 5.88 Å². The molecular formula is C25H29N5O4. The molecule has 0 spiro atoms. The smallest absolute Gasteiger partial charge is 0.410 e. The highest BCUT2D eigenvalue weighted by atomic mass is 16.6. The molecular weight excluding hydrogens is 434 g/mol. The Balaban J connectivity index is 1.56. The number of pyridine rings is 3. The van der Waals surface area contributed by atoms with Crippen LogP contribution in [0.15, 0.2) is 36.7 Å². The maximum absolute atomic E-state index is 12.4. The first-order valence-corrected chi connectivity index (χ1v) is 11.3. The average molecular weight is 464 g/mol. The van der Waals surface area contributed by atoms with E-state index in [1.165, 1.54) is 0 Å². The van der Waals surface area contributed by atoms with Gasteiger partial charge in [-0.3, -0.25) is 9.78 Å². The average Bonchev–Trinajstić information content (AvgIpc) is 2.83. The van der Waals surface area contributed by atoms with E-state index in [1.54, 1.807) is 30.5 Å². The van der Waals surface area contributed by atoms with E-state index in [2.05, 4.69) is 15.3 Å². The lowest BCUT2D eigenvalue weighted by molar-refractivity contribution is 0.0210. The van der Waals surface area contributed by atoms with E-state index >= 15 is 0 Å². The summed E-state index contributed by atoms with van der Waals surface area (Å²) in [6.45, 7) is 6.72. The van der Waals surface area contributed by atoms with Crippen molar-refractivity contribution in [1.82, 2.24) is 19.9 Å². The number of nitrogens with zero attached hydrogens (tertiary/aromatic N) is 4. The van der Waals surface area contributed by atoms with Gasteiger partial charge < -0.3 is 19.7 Å². The van der Waals surface area contributed by atoms with Crippen LogP contribution >= 0.6 is 0 Å². The summed E-state index contributed by atoms with van der Waals surface area (Å²) in [5, 5.41) is 3.50. The molecule has 3 aromatic rings. The number of aldehydes is 1. The van der Waals surface area contributed by atoms with Crippen LogP contribution in [0, 0.1) is 0 Å². The minimum atomic E-state index is -0.524. The van der Waals surface area contributed by atoms with Crippen molar-refractivity contribution in [3.8, 4) is 17.1 Å². The maximum atomic E-state index is 12.4. The van der Waals surface area contributed by atoms with Crippen molar-refractivity contribution in [1.29, 1.82) is 0 Å². The summed E-state index contributed by atoms with van der Waals surface area (Å²) in [6, 6.07) is 7.50. The van der Waals surface area contributed by atoms with E-state index in [-0.39, 0.29) is 12.1 Å². The molecule has 0 atom stereocenters. The number of carbonyl (C=O) groups excluding carboxylic acids is 2. The van der Waals surface area contributed by atoms with Crippen LogP contribution in [-0.4, -0.2) is 64.1 Å². The second-order valence-corrected chi connectivity index (χ2v) is 9.25. The molecule has 9 heteroatoms. The van der Waals surface area contributed by atoms with Crippen LogP contribution in [0.1, 0.15) is 44.0 Å². The number of carbonyl (C=O) groups is 2. The maximum Gasteiger partial charge on any atom is 0.410 e. The number of piperidine rings is 1. The van der Waals surface area contributed by atoms with Crippen molar-refractivity contribution < 1.29 is 19.1 Å². The molecule has 178 valence electrons. The van der Waals surface area contributed by atoms with E-state index in [9.17, 15) is 9.59 Å². The van der Waals surface area contributed by atoms with Gasteiger partial charge in [0.05, 0.1) is 29.6 Å². The number of nitrogens with one attached hydrogen (secondary N) is 1. The van der Waals surface area contributed by atoms with Gasteiger partial charge >= 0.3 is 6.09 Å². The summed E-state index contributed by atoms with van der Waals surface area (Å²) in [6.07, 6.45) is 5.20. The molecule has 1 fully saturated rings. The summed E-state index contributed by atoms with van der Waals surface area (Å²) >= 11 is 0. The highest BCUT2D eigenvalue weighted by Crippen LogP contribution is 2.29.